The molecule has 0 aliphatic rings. The van der Waals surface area contributed by atoms with Crippen LogP contribution in [-0.4, -0.2) is 42.5 Å². The van der Waals surface area contributed by atoms with Crippen molar-refractivity contribution in [1.82, 2.24) is 14.8 Å². The quantitative estimate of drug-likeness (QED) is 0.689. The number of aliphatic hydroxyl groups is 1. The van der Waals surface area contributed by atoms with Crippen LogP contribution in [0.3, 0.4) is 0 Å². The molecule has 6 nitrogen and oxygen atoms in total. The van der Waals surface area contributed by atoms with Crippen molar-refractivity contribution in [2.45, 2.75) is 18.6 Å². The van der Waals surface area contributed by atoms with E-state index < -0.39 is 11.6 Å². The summed E-state index contributed by atoms with van der Waals surface area (Å²) in [6, 6.07) is 4.88. The largest absolute Gasteiger partial charge is 0.481 e. The van der Waals surface area contributed by atoms with Gasteiger partial charge in [0.1, 0.15) is 18.3 Å². The van der Waals surface area contributed by atoms with Gasteiger partial charge in [-0.2, -0.15) is 16.9 Å². The number of aromatic nitrogens is 3. The van der Waals surface area contributed by atoms with Gasteiger partial charge < -0.3 is 10.2 Å². The summed E-state index contributed by atoms with van der Waals surface area (Å²) in [5.41, 5.74) is -0.805. The Kier molecular flexibility index (Phi) is 6.29. The Labute approximate surface area is 147 Å². The van der Waals surface area contributed by atoms with Gasteiger partial charge in [-0.25, -0.2) is 9.67 Å². The molecule has 2 rings (SSSR count). The predicted octanol–water partition coefficient (Wildman–Crippen LogP) is 2.68. The van der Waals surface area contributed by atoms with Crippen molar-refractivity contribution in [3.8, 4) is 0 Å². The van der Waals surface area contributed by atoms with E-state index in [1.165, 1.54) is 29.1 Å². The SMILES string of the molecule is O=C(O)CCSCC(O)(Cn1cncn1)c1ccc(Cl)cc1Cl. The molecule has 1 aromatic heterocycles. The van der Waals surface area contributed by atoms with E-state index in [0.717, 1.165) is 0 Å². The van der Waals surface area contributed by atoms with Crippen LogP contribution in [0.15, 0.2) is 30.9 Å². The summed E-state index contributed by atoms with van der Waals surface area (Å²) in [6.45, 7) is 0.147. The van der Waals surface area contributed by atoms with E-state index in [0.29, 0.717) is 21.4 Å². The molecule has 0 aliphatic heterocycles. The molecule has 1 heterocycles. The zero-order valence-corrected chi connectivity index (χ0v) is 14.4. The first kappa shape index (κ1) is 18.1. The summed E-state index contributed by atoms with van der Waals surface area (Å²) in [5.74, 6) is -0.219. The number of thioether (sulfide) groups is 1. The predicted molar refractivity (Wildman–Crippen MR) is 90.0 cm³/mol. The number of halogens is 2. The second-order valence-corrected chi connectivity index (χ2v) is 6.89. The Morgan fingerprint density at radius 2 is 2.17 bits per heavy atom. The number of aliphatic carboxylic acids is 1. The van der Waals surface area contributed by atoms with E-state index in [1.54, 1.807) is 18.2 Å². The number of carbonyl (C=O) groups is 1. The van der Waals surface area contributed by atoms with Crippen LogP contribution in [0.25, 0.3) is 0 Å². The molecule has 1 atom stereocenters. The first-order valence-corrected chi connectivity index (χ1v) is 8.61. The fourth-order valence-electron chi connectivity index (χ4n) is 2.06. The number of carboxylic acid groups (broad SMARTS) is 1. The first-order valence-electron chi connectivity index (χ1n) is 6.70. The summed E-state index contributed by atoms with van der Waals surface area (Å²) in [4.78, 5) is 14.5. The van der Waals surface area contributed by atoms with Gasteiger partial charge in [0.25, 0.3) is 0 Å². The Morgan fingerprint density at radius 3 is 2.78 bits per heavy atom. The molecule has 0 fully saturated rings. The molecule has 0 amide bonds. The zero-order chi connectivity index (χ0) is 16.9. The number of hydrogen-bond donors (Lipinski definition) is 2. The lowest BCUT2D eigenvalue weighted by molar-refractivity contribution is -0.136. The molecule has 0 spiro atoms. The van der Waals surface area contributed by atoms with Gasteiger partial charge in [-0.15, -0.1) is 0 Å². The third-order valence-corrected chi connectivity index (χ3v) is 4.85. The standard InChI is InChI=1S/C14H15Cl2N3O3S/c15-10-1-2-11(12(16)5-10)14(22,6-19-9-17-8-18-19)7-23-4-3-13(20)21/h1-2,5,8-9,22H,3-4,6-7H2,(H,20,21). The van der Waals surface area contributed by atoms with Crippen LogP contribution in [0.4, 0.5) is 0 Å². The van der Waals surface area contributed by atoms with Crippen LogP contribution in [0.1, 0.15) is 12.0 Å². The zero-order valence-electron chi connectivity index (χ0n) is 12.0. The van der Waals surface area contributed by atoms with Gasteiger partial charge >= 0.3 is 5.97 Å². The lowest BCUT2D eigenvalue weighted by Gasteiger charge is -2.29. The lowest BCUT2D eigenvalue weighted by atomic mass is 9.95. The van der Waals surface area contributed by atoms with Gasteiger partial charge in [-0.1, -0.05) is 29.3 Å². The molecule has 1 aromatic carbocycles. The van der Waals surface area contributed by atoms with E-state index in [4.69, 9.17) is 28.3 Å². The topological polar surface area (TPSA) is 88.2 Å². The molecule has 0 bridgehead atoms. The molecule has 2 N–H and O–H groups in total. The first-order chi connectivity index (χ1) is 10.9. The Balaban J connectivity index is 2.21. The number of nitrogens with zero attached hydrogens (tertiary/aromatic N) is 3. The molecule has 23 heavy (non-hydrogen) atoms. The van der Waals surface area contributed by atoms with Crippen LogP contribution in [0.2, 0.25) is 10.0 Å². The maximum Gasteiger partial charge on any atom is 0.304 e. The van der Waals surface area contributed by atoms with E-state index in [9.17, 15) is 9.90 Å². The van der Waals surface area contributed by atoms with E-state index >= 15 is 0 Å². The van der Waals surface area contributed by atoms with Gasteiger partial charge in [-0.05, 0) is 12.1 Å². The van der Waals surface area contributed by atoms with Crippen LogP contribution in [-0.2, 0) is 16.9 Å². The van der Waals surface area contributed by atoms with Crippen molar-refractivity contribution < 1.29 is 15.0 Å². The number of carboxylic acids is 1. The van der Waals surface area contributed by atoms with Crippen LogP contribution < -0.4 is 0 Å². The van der Waals surface area contributed by atoms with Crippen molar-refractivity contribution in [2.24, 2.45) is 0 Å². The second kappa shape index (κ2) is 8.01. The Hall–Kier alpha value is -1.28. The highest BCUT2D eigenvalue weighted by molar-refractivity contribution is 7.99. The minimum absolute atomic E-state index is 0.0262. The van der Waals surface area contributed by atoms with E-state index in [1.807, 2.05) is 0 Å². The minimum atomic E-state index is -1.32. The molecule has 0 aliphatic carbocycles. The van der Waals surface area contributed by atoms with Gasteiger partial charge in [0.05, 0.1) is 13.0 Å². The van der Waals surface area contributed by atoms with Crippen molar-refractivity contribution >= 4 is 40.9 Å². The lowest BCUT2D eigenvalue weighted by Crippen LogP contribution is -2.35. The third-order valence-electron chi connectivity index (χ3n) is 3.12. The maximum absolute atomic E-state index is 11.1. The second-order valence-electron chi connectivity index (χ2n) is 4.95. The molecule has 1 unspecified atom stereocenters. The average Bonchev–Trinajstić information content (AvgIpc) is 2.96. The number of hydrogen-bond acceptors (Lipinski definition) is 5. The summed E-state index contributed by atoms with van der Waals surface area (Å²) in [6.07, 6.45) is 2.90. The van der Waals surface area contributed by atoms with Crippen molar-refractivity contribution in [3.63, 3.8) is 0 Å². The van der Waals surface area contributed by atoms with E-state index in [-0.39, 0.29) is 18.7 Å². The molecule has 9 heteroatoms. The van der Waals surface area contributed by atoms with Crippen LogP contribution in [0.5, 0.6) is 0 Å². The summed E-state index contributed by atoms with van der Waals surface area (Å²) >= 11 is 13.5. The van der Waals surface area contributed by atoms with Crippen molar-refractivity contribution in [3.05, 3.63) is 46.5 Å². The number of rotatable bonds is 8. The van der Waals surface area contributed by atoms with Gasteiger partial charge in [0.15, 0.2) is 0 Å². The van der Waals surface area contributed by atoms with Gasteiger partial charge in [-0.3, -0.25) is 4.79 Å². The van der Waals surface area contributed by atoms with Crippen molar-refractivity contribution in [1.29, 1.82) is 0 Å². The van der Waals surface area contributed by atoms with Gasteiger partial charge in [0, 0.05) is 27.1 Å². The highest BCUT2D eigenvalue weighted by Crippen LogP contribution is 2.34. The molecule has 0 saturated carbocycles. The highest BCUT2D eigenvalue weighted by Gasteiger charge is 2.32. The van der Waals surface area contributed by atoms with E-state index in [2.05, 4.69) is 10.1 Å². The van der Waals surface area contributed by atoms with Crippen molar-refractivity contribution in [2.75, 3.05) is 11.5 Å². The maximum atomic E-state index is 11.1. The average molecular weight is 376 g/mol. The van der Waals surface area contributed by atoms with Crippen LogP contribution in [0, 0.1) is 0 Å². The molecule has 2 aromatic rings. The highest BCUT2D eigenvalue weighted by atomic mass is 35.5. The van der Waals surface area contributed by atoms with Crippen LogP contribution >= 0.6 is 35.0 Å². The summed E-state index contributed by atoms with van der Waals surface area (Å²) in [7, 11) is 0. The molecule has 0 radical (unpaired) electrons. The molecule has 124 valence electrons. The fraction of sp³-hybridized carbons (Fsp3) is 0.357. The third kappa shape index (κ3) is 5.10. The smallest absolute Gasteiger partial charge is 0.304 e. The minimum Gasteiger partial charge on any atom is -0.481 e. The monoisotopic (exact) mass is 375 g/mol. The summed E-state index contributed by atoms with van der Waals surface area (Å²) in [5, 5.41) is 24.6. The fourth-order valence-corrected chi connectivity index (χ4v) is 3.69. The van der Waals surface area contributed by atoms with Gasteiger partial charge in [0.2, 0.25) is 0 Å². The number of benzene rings is 1. The normalized spacial score (nSPS) is 13.7. The molecular formula is C14H15Cl2N3O3S. The Bertz CT molecular complexity index is 669. The summed E-state index contributed by atoms with van der Waals surface area (Å²) < 4.78 is 1.50. The Morgan fingerprint density at radius 1 is 1.39 bits per heavy atom. The molecule has 0 saturated heterocycles. The molecular weight excluding hydrogens is 361 g/mol.